The van der Waals surface area contributed by atoms with Gasteiger partial charge in [-0.3, -0.25) is 4.79 Å². The van der Waals surface area contributed by atoms with Crippen molar-refractivity contribution in [2.24, 2.45) is 0 Å². The van der Waals surface area contributed by atoms with E-state index in [-0.39, 0.29) is 17.9 Å². The lowest BCUT2D eigenvalue weighted by Gasteiger charge is -2.04. The molecule has 0 aliphatic carbocycles. The number of aromatic carboxylic acids is 1. The van der Waals surface area contributed by atoms with Crippen molar-refractivity contribution in [3.05, 3.63) is 56.3 Å². The molecule has 94 valence electrons. The molecule has 0 saturated heterocycles. The molecular formula is C12H10BrNO4. The van der Waals surface area contributed by atoms with Crippen LogP contribution in [0.3, 0.4) is 0 Å². The number of halogens is 1. The Morgan fingerprint density at radius 1 is 1.56 bits per heavy atom. The van der Waals surface area contributed by atoms with Gasteiger partial charge >= 0.3 is 5.97 Å². The third kappa shape index (κ3) is 2.38. The molecular weight excluding hydrogens is 302 g/mol. The fraction of sp³-hybridized carbons (Fsp3) is 0.167. The molecule has 0 saturated carbocycles. The summed E-state index contributed by atoms with van der Waals surface area (Å²) >= 11 is 3.16. The number of carboxylic acids is 1. The zero-order valence-electron chi connectivity index (χ0n) is 9.51. The minimum atomic E-state index is -1.12. The first-order chi connectivity index (χ1) is 8.49. The van der Waals surface area contributed by atoms with E-state index in [1.165, 1.54) is 10.6 Å². The largest absolute Gasteiger partial charge is 0.475 e. The van der Waals surface area contributed by atoms with Gasteiger partial charge in [-0.15, -0.1) is 0 Å². The van der Waals surface area contributed by atoms with Crippen LogP contribution in [0.5, 0.6) is 0 Å². The molecule has 2 aromatic rings. The highest BCUT2D eigenvalue weighted by molar-refractivity contribution is 9.10. The molecule has 1 N–H and O–H groups in total. The molecule has 0 fully saturated rings. The van der Waals surface area contributed by atoms with Gasteiger partial charge in [0.1, 0.15) is 5.76 Å². The average molecular weight is 312 g/mol. The molecule has 0 aromatic carbocycles. The standard InChI is InChI=1S/C12H10BrNO4/c1-7-8(5-10(18-7)12(16)17)6-14-4-2-3-9(13)11(14)15/h2-5H,6H2,1H3,(H,16,17). The Kier molecular flexibility index (Phi) is 3.38. The van der Waals surface area contributed by atoms with E-state index in [0.29, 0.717) is 15.8 Å². The van der Waals surface area contributed by atoms with Crippen LogP contribution < -0.4 is 5.56 Å². The van der Waals surface area contributed by atoms with Crippen LogP contribution >= 0.6 is 15.9 Å². The minimum absolute atomic E-state index is 0.120. The molecule has 2 aromatic heterocycles. The Morgan fingerprint density at radius 3 is 2.89 bits per heavy atom. The normalized spacial score (nSPS) is 10.6. The molecule has 5 nitrogen and oxygen atoms in total. The zero-order valence-corrected chi connectivity index (χ0v) is 11.1. The van der Waals surface area contributed by atoms with E-state index in [0.717, 1.165) is 0 Å². The Bertz CT molecular complexity index is 656. The average Bonchev–Trinajstić information content (AvgIpc) is 2.67. The van der Waals surface area contributed by atoms with Crippen molar-refractivity contribution in [3.8, 4) is 0 Å². The van der Waals surface area contributed by atoms with Crippen molar-refractivity contribution >= 4 is 21.9 Å². The van der Waals surface area contributed by atoms with Crippen LogP contribution in [0.25, 0.3) is 0 Å². The molecule has 2 rings (SSSR count). The van der Waals surface area contributed by atoms with Crippen LogP contribution in [-0.4, -0.2) is 15.6 Å². The molecule has 0 atom stereocenters. The first-order valence-electron chi connectivity index (χ1n) is 5.16. The van der Waals surface area contributed by atoms with Crippen molar-refractivity contribution in [2.75, 3.05) is 0 Å². The number of hydrogen-bond acceptors (Lipinski definition) is 3. The minimum Gasteiger partial charge on any atom is -0.475 e. The van der Waals surface area contributed by atoms with Gasteiger partial charge in [-0.05, 0) is 41.1 Å². The van der Waals surface area contributed by atoms with Crippen LogP contribution in [0.15, 0.2) is 38.1 Å². The second-order valence-electron chi connectivity index (χ2n) is 3.79. The number of hydrogen-bond donors (Lipinski definition) is 1. The van der Waals surface area contributed by atoms with Crippen LogP contribution in [0.1, 0.15) is 21.9 Å². The number of nitrogens with zero attached hydrogens (tertiary/aromatic N) is 1. The lowest BCUT2D eigenvalue weighted by molar-refractivity contribution is 0.0661. The Balaban J connectivity index is 2.37. The number of aromatic nitrogens is 1. The van der Waals surface area contributed by atoms with E-state index in [4.69, 9.17) is 9.52 Å². The van der Waals surface area contributed by atoms with Crippen molar-refractivity contribution < 1.29 is 14.3 Å². The van der Waals surface area contributed by atoms with Crippen LogP contribution in [0.4, 0.5) is 0 Å². The van der Waals surface area contributed by atoms with Crippen molar-refractivity contribution in [1.82, 2.24) is 4.57 Å². The van der Waals surface area contributed by atoms with Gasteiger partial charge in [0.15, 0.2) is 0 Å². The Hall–Kier alpha value is -1.82. The molecule has 0 aliphatic heterocycles. The second-order valence-corrected chi connectivity index (χ2v) is 4.64. The molecule has 6 heteroatoms. The smallest absolute Gasteiger partial charge is 0.371 e. The van der Waals surface area contributed by atoms with E-state index in [1.807, 2.05) is 0 Å². The maximum absolute atomic E-state index is 11.8. The molecule has 18 heavy (non-hydrogen) atoms. The first kappa shape index (κ1) is 12.6. The summed E-state index contributed by atoms with van der Waals surface area (Å²) in [5, 5.41) is 8.82. The van der Waals surface area contributed by atoms with Crippen LogP contribution in [-0.2, 0) is 6.54 Å². The predicted octanol–water partition coefficient (Wildman–Crippen LogP) is 2.26. The van der Waals surface area contributed by atoms with Crippen LogP contribution in [0.2, 0.25) is 0 Å². The van der Waals surface area contributed by atoms with Crippen molar-refractivity contribution in [2.45, 2.75) is 13.5 Å². The summed E-state index contributed by atoms with van der Waals surface area (Å²) in [5.74, 6) is -0.740. The molecule has 0 unspecified atom stereocenters. The molecule has 0 amide bonds. The van der Waals surface area contributed by atoms with Gasteiger partial charge < -0.3 is 14.1 Å². The fourth-order valence-corrected chi connectivity index (χ4v) is 1.98. The summed E-state index contributed by atoms with van der Waals surface area (Å²) in [5.41, 5.74) is 0.502. The number of furan rings is 1. The first-order valence-corrected chi connectivity index (χ1v) is 5.96. The lowest BCUT2D eigenvalue weighted by Crippen LogP contribution is -2.20. The highest BCUT2D eigenvalue weighted by Gasteiger charge is 2.13. The molecule has 0 aliphatic rings. The fourth-order valence-electron chi connectivity index (χ4n) is 1.60. The predicted molar refractivity (Wildman–Crippen MR) is 67.9 cm³/mol. The Morgan fingerprint density at radius 2 is 2.28 bits per heavy atom. The number of carboxylic acid groups (broad SMARTS) is 1. The topological polar surface area (TPSA) is 72.4 Å². The lowest BCUT2D eigenvalue weighted by atomic mass is 10.2. The third-order valence-electron chi connectivity index (χ3n) is 2.55. The molecule has 0 bridgehead atoms. The van der Waals surface area contributed by atoms with Gasteiger partial charge in [-0.25, -0.2) is 4.79 Å². The molecule has 0 spiro atoms. The van der Waals surface area contributed by atoms with Gasteiger partial charge in [0.2, 0.25) is 5.76 Å². The zero-order chi connectivity index (χ0) is 13.3. The summed E-state index contributed by atoms with van der Waals surface area (Å²) in [4.78, 5) is 22.6. The van der Waals surface area contributed by atoms with Gasteiger partial charge in [-0.2, -0.15) is 0 Å². The van der Waals surface area contributed by atoms with E-state index >= 15 is 0 Å². The van der Waals surface area contributed by atoms with E-state index in [1.54, 1.807) is 25.3 Å². The summed E-state index contributed by atoms with van der Waals surface area (Å²) in [6.45, 7) is 1.95. The van der Waals surface area contributed by atoms with Crippen LogP contribution in [0, 0.1) is 6.92 Å². The number of aryl methyl sites for hydroxylation is 1. The number of rotatable bonds is 3. The van der Waals surface area contributed by atoms with E-state index in [2.05, 4.69) is 15.9 Å². The van der Waals surface area contributed by atoms with Gasteiger partial charge in [0, 0.05) is 11.8 Å². The highest BCUT2D eigenvalue weighted by atomic mass is 79.9. The number of pyridine rings is 1. The van der Waals surface area contributed by atoms with E-state index in [9.17, 15) is 9.59 Å². The highest BCUT2D eigenvalue weighted by Crippen LogP contribution is 2.15. The van der Waals surface area contributed by atoms with Crippen molar-refractivity contribution in [1.29, 1.82) is 0 Å². The summed E-state index contributed by atoms with van der Waals surface area (Å²) in [6, 6.07) is 4.83. The summed E-state index contributed by atoms with van der Waals surface area (Å²) < 4.78 is 7.03. The third-order valence-corrected chi connectivity index (χ3v) is 3.15. The van der Waals surface area contributed by atoms with Gasteiger partial charge in [0.05, 0.1) is 11.0 Å². The quantitative estimate of drug-likeness (QED) is 0.943. The monoisotopic (exact) mass is 311 g/mol. The van der Waals surface area contributed by atoms with E-state index < -0.39 is 5.97 Å². The molecule has 0 radical (unpaired) electrons. The second kappa shape index (κ2) is 4.81. The van der Waals surface area contributed by atoms with Crippen molar-refractivity contribution in [3.63, 3.8) is 0 Å². The molecule has 2 heterocycles. The summed E-state index contributed by atoms with van der Waals surface area (Å²) in [7, 11) is 0. The maximum Gasteiger partial charge on any atom is 0.371 e. The summed E-state index contributed by atoms with van der Waals surface area (Å²) in [6.07, 6.45) is 1.64. The van der Waals surface area contributed by atoms with Gasteiger partial charge in [-0.1, -0.05) is 0 Å². The maximum atomic E-state index is 11.8. The SMILES string of the molecule is Cc1oc(C(=O)O)cc1Cn1cccc(Br)c1=O. The number of carbonyl (C=O) groups is 1. The van der Waals surface area contributed by atoms with Gasteiger partial charge in [0.25, 0.3) is 5.56 Å². The Labute approximate surface area is 111 Å².